The van der Waals surface area contributed by atoms with Gasteiger partial charge >= 0.3 is 0 Å². The summed E-state index contributed by atoms with van der Waals surface area (Å²) in [6.07, 6.45) is 3.23. The number of rotatable bonds is 5. The molecule has 0 spiro atoms. The van der Waals surface area contributed by atoms with Crippen LogP contribution in [-0.4, -0.2) is 38.7 Å². The fourth-order valence-corrected chi connectivity index (χ4v) is 3.74. The summed E-state index contributed by atoms with van der Waals surface area (Å²) in [6, 6.07) is 13.2. The van der Waals surface area contributed by atoms with Crippen LogP contribution in [0.1, 0.15) is 12.8 Å². The van der Waals surface area contributed by atoms with Crippen molar-refractivity contribution in [3.63, 3.8) is 0 Å². The maximum absolute atomic E-state index is 12.4. The zero-order chi connectivity index (χ0) is 20.2. The van der Waals surface area contributed by atoms with Crippen molar-refractivity contribution < 1.29 is 9.21 Å². The number of pyridine rings is 1. The lowest BCUT2D eigenvalue weighted by Crippen LogP contribution is -2.39. The Labute approximate surface area is 181 Å². The monoisotopic (exact) mass is 473 g/mol. The number of likely N-dealkylation sites (tertiary alicyclic amines) is 1. The third kappa shape index (κ3) is 4.98. The summed E-state index contributed by atoms with van der Waals surface area (Å²) in [5.74, 6) is 1.11. The van der Waals surface area contributed by atoms with Gasteiger partial charge in [-0.1, -0.05) is 22.0 Å². The highest BCUT2D eigenvalue weighted by molar-refractivity contribution is 9.10. The van der Waals surface area contributed by atoms with Crippen molar-refractivity contribution in [2.24, 2.45) is 5.92 Å². The smallest absolute Gasteiger partial charge is 0.288 e. The number of halogens is 1. The van der Waals surface area contributed by atoms with Gasteiger partial charge in [-0.3, -0.25) is 9.69 Å². The summed E-state index contributed by atoms with van der Waals surface area (Å²) in [4.78, 5) is 19.2. The summed E-state index contributed by atoms with van der Waals surface area (Å²) >= 11 is 8.75. The van der Waals surface area contributed by atoms with Gasteiger partial charge in [0.1, 0.15) is 5.82 Å². The molecule has 7 nitrogen and oxygen atoms in total. The van der Waals surface area contributed by atoms with Crippen molar-refractivity contribution in [3.05, 3.63) is 58.0 Å². The number of hydrogen-bond acceptors (Lipinski definition) is 6. The number of benzene rings is 1. The van der Waals surface area contributed by atoms with Gasteiger partial charge in [-0.15, -0.1) is 5.10 Å². The van der Waals surface area contributed by atoms with Crippen LogP contribution in [0.25, 0.3) is 11.5 Å². The quantitative estimate of drug-likeness (QED) is 0.555. The van der Waals surface area contributed by atoms with Crippen molar-refractivity contribution in [1.29, 1.82) is 0 Å². The van der Waals surface area contributed by atoms with Crippen LogP contribution in [0.5, 0.6) is 0 Å². The lowest BCUT2D eigenvalue weighted by atomic mass is 9.96. The number of aromatic nitrogens is 3. The Morgan fingerprint density at radius 3 is 2.66 bits per heavy atom. The molecule has 0 atom stereocenters. The molecule has 0 unspecified atom stereocenters. The minimum absolute atomic E-state index is 0.0168. The van der Waals surface area contributed by atoms with Crippen LogP contribution in [-0.2, 0) is 11.5 Å². The summed E-state index contributed by atoms with van der Waals surface area (Å²) in [5.41, 5.74) is 0.878. The van der Waals surface area contributed by atoms with E-state index in [2.05, 4.69) is 36.2 Å². The van der Waals surface area contributed by atoms with E-state index >= 15 is 0 Å². The molecule has 2 aromatic heterocycles. The molecule has 4 rings (SSSR count). The Morgan fingerprint density at radius 2 is 1.97 bits per heavy atom. The van der Waals surface area contributed by atoms with Gasteiger partial charge in [0.05, 0.1) is 6.67 Å². The third-order valence-corrected chi connectivity index (χ3v) is 5.73. The molecule has 3 heterocycles. The zero-order valence-corrected chi connectivity index (χ0v) is 18.0. The maximum Gasteiger partial charge on any atom is 0.288 e. The van der Waals surface area contributed by atoms with Gasteiger partial charge in [0.15, 0.2) is 0 Å². The van der Waals surface area contributed by atoms with E-state index in [1.165, 1.54) is 0 Å². The van der Waals surface area contributed by atoms with Crippen LogP contribution in [0, 0.1) is 10.8 Å². The molecule has 0 aliphatic carbocycles. The SMILES string of the molecule is O=C(Nc1ccccn1)C1CCN(Cn2nc(-c3ccc(Br)cc3)oc2=S)CC1. The predicted molar refractivity (Wildman–Crippen MR) is 116 cm³/mol. The van der Waals surface area contributed by atoms with Gasteiger partial charge in [-0.25, -0.2) is 9.67 Å². The molecule has 1 fully saturated rings. The number of piperidine rings is 1. The van der Waals surface area contributed by atoms with E-state index in [1.807, 2.05) is 36.4 Å². The molecule has 1 aliphatic heterocycles. The number of hydrogen-bond donors (Lipinski definition) is 1. The van der Waals surface area contributed by atoms with E-state index in [1.54, 1.807) is 16.9 Å². The van der Waals surface area contributed by atoms with E-state index in [9.17, 15) is 4.79 Å². The second-order valence-electron chi connectivity index (χ2n) is 6.92. The first kappa shape index (κ1) is 19.9. The molecular formula is C20H20BrN5O2S. The number of amides is 1. The standard InChI is InChI=1S/C20H20BrN5O2S/c21-16-6-4-15(5-7-16)19-24-26(20(29)28-19)13-25-11-8-14(9-12-25)18(27)23-17-3-1-2-10-22-17/h1-7,10,14H,8-9,11-13H2,(H,22,23,27). The highest BCUT2D eigenvalue weighted by Crippen LogP contribution is 2.22. The molecule has 0 radical (unpaired) electrons. The van der Waals surface area contributed by atoms with Crippen molar-refractivity contribution in [2.45, 2.75) is 19.5 Å². The van der Waals surface area contributed by atoms with Crippen molar-refractivity contribution in [3.8, 4) is 11.5 Å². The van der Waals surface area contributed by atoms with E-state index in [0.29, 0.717) is 23.2 Å². The Bertz CT molecular complexity index is 1030. The van der Waals surface area contributed by atoms with Crippen LogP contribution >= 0.6 is 28.1 Å². The van der Waals surface area contributed by atoms with E-state index < -0.39 is 0 Å². The number of nitrogens with zero attached hydrogens (tertiary/aromatic N) is 4. The number of carbonyl (C=O) groups excluding carboxylic acids is 1. The molecule has 9 heteroatoms. The average Bonchev–Trinajstić information content (AvgIpc) is 3.10. The highest BCUT2D eigenvalue weighted by atomic mass is 79.9. The first-order valence-corrected chi connectivity index (χ1v) is 10.6. The molecule has 1 N–H and O–H groups in total. The lowest BCUT2D eigenvalue weighted by molar-refractivity contribution is -0.121. The van der Waals surface area contributed by atoms with Gasteiger partial charge in [-0.05, 0) is 61.5 Å². The molecule has 1 amide bonds. The first-order valence-electron chi connectivity index (χ1n) is 9.36. The number of carbonyl (C=O) groups is 1. The Morgan fingerprint density at radius 1 is 1.21 bits per heavy atom. The topological polar surface area (TPSA) is 76.2 Å². The molecule has 0 bridgehead atoms. The normalized spacial score (nSPS) is 15.3. The van der Waals surface area contributed by atoms with Crippen molar-refractivity contribution in [2.75, 3.05) is 18.4 Å². The van der Waals surface area contributed by atoms with Crippen molar-refractivity contribution in [1.82, 2.24) is 19.7 Å². The van der Waals surface area contributed by atoms with Gasteiger partial charge in [0, 0.05) is 35.2 Å². The van der Waals surface area contributed by atoms with Crippen LogP contribution in [0.15, 0.2) is 57.6 Å². The summed E-state index contributed by atoms with van der Waals surface area (Å²) < 4.78 is 8.35. The summed E-state index contributed by atoms with van der Waals surface area (Å²) in [7, 11) is 0. The van der Waals surface area contributed by atoms with E-state index in [0.717, 1.165) is 36.0 Å². The molecule has 150 valence electrons. The van der Waals surface area contributed by atoms with E-state index in [4.69, 9.17) is 16.6 Å². The molecular weight excluding hydrogens is 454 g/mol. The Kier molecular flexibility index (Phi) is 6.17. The maximum atomic E-state index is 12.4. The Balaban J connectivity index is 1.33. The minimum atomic E-state index is -0.0168. The molecule has 3 aromatic rings. The van der Waals surface area contributed by atoms with Gasteiger partial charge < -0.3 is 9.73 Å². The average molecular weight is 474 g/mol. The fourth-order valence-electron chi connectivity index (χ4n) is 3.30. The molecule has 0 saturated carbocycles. The number of nitrogens with one attached hydrogen (secondary N) is 1. The second kappa shape index (κ2) is 8.98. The molecule has 29 heavy (non-hydrogen) atoms. The molecule has 1 aliphatic rings. The van der Waals surface area contributed by atoms with Crippen LogP contribution in [0.3, 0.4) is 0 Å². The summed E-state index contributed by atoms with van der Waals surface area (Å²) in [5, 5.41) is 7.40. The minimum Gasteiger partial charge on any atom is -0.409 e. The van der Waals surface area contributed by atoms with Gasteiger partial charge in [0.2, 0.25) is 11.8 Å². The van der Waals surface area contributed by atoms with Crippen molar-refractivity contribution >= 4 is 39.9 Å². The molecule has 1 aromatic carbocycles. The third-order valence-electron chi connectivity index (χ3n) is 4.91. The fraction of sp³-hybridized carbons (Fsp3) is 0.300. The van der Waals surface area contributed by atoms with Crippen LogP contribution < -0.4 is 5.32 Å². The first-order chi connectivity index (χ1) is 14.1. The van der Waals surface area contributed by atoms with Gasteiger partial charge in [0.25, 0.3) is 4.84 Å². The Hall–Kier alpha value is -2.36. The second-order valence-corrected chi connectivity index (χ2v) is 8.18. The number of anilines is 1. The van der Waals surface area contributed by atoms with E-state index in [-0.39, 0.29) is 11.8 Å². The van der Waals surface area contributed by atoms with Gasteiger partial charge in [-0.2, -0.15) is 0 Å². The largest absolute Gasteiger partial charge is 0.409 e. The van der Waals surface area contributed by atoms with Crippen LogP contribution in [0.4, 0.5) is 5.82 Å². The predicted octanol–water partition coefficient (Wildman–Crippen LogP) is 4.34. The van der Waals surface area contributed by atoms with Crippen LogP contribution in [0.2, 0.25) is 0 Å². The summed E-state index contributed by atoms with van der Waals surface area (Å²) in [6.45, 7) is 2.14. The highest BCUT2D eigenvalue weighted by Gasteiger charge is 2.25. The zero-order valence-electron chi connectivity index (χ0n) is 15.6. The molecule has 1 saturated heterocycles. The lowest BCUT2D eigenvalue weighted by Gasteiger charge is -2.30.